The van der Waals surface area contributed by atoms with Crippen molar-refractivity contribution in [1.82, 2.24) is 0 Å². The number of hydrogen-bond donors (Lipinski definition) is 0. The fourth-order valence-electron chi connectivity index (χ4n) is 11.2. The Balaban J connectivity index is 0.857. The van der Waals surface area contributed by atoms with E-state index in [1.54, 1.807) is 5.57 Å². The van der Waals surface area contributed by atoms with E-state index >= 15 is 0 Å². The summed E-state index contributed by atoms with van der Waals surface area (Å²) in [6, 6.07) is 34.7. The SMILES string of the molecule is C1=CC[C@H](C2=CC=C(N(C3=CC[C@@H](c4ccccc4)C=C3)c3ccc4c(c3)sc3cc(C5=C[C@@H]6C=C[C@@H]7c8ccccc8N(C8=CCCC=C8)C7[C@@H]6C=C5)ccc34)CC2)C=C1. The Labute approximate surface area is 364 Å². The molecule has 12 rings (SSSR count). The van der Waals surface area contributed by atoms with Gasteiger partial charge >= 0.3 is 0 Å². The number of fused-ring (bicyclic) bond motifs is 8. The number of para-hydroxylation sites is 1. The highest BCUT2D eigenvalue weighted by molar-refractivity contribution is 7.25. The van der Waals surface area contributed by atoms with Crippen LogP contribution in [0.15, 0.2) is 217 Å². The Kier molecular flexibility index (Phi) is 9.25. The minimum Gasteiger partial charge on any atom is -0.337 e. The molecule has 2 nitrogen and oxygen atoms in total. The Morgan fingerprint density at radius 2 is 1.54 bits per heavy atom. The largest absolute Gasteiger partial charge is 0.337 e. The van der Waals surface area contributed by atoms with Crippen LogP contribution >= 0.6 is 11.3 Å². The molecule has 6 atom stereocenters. The van der Waals surface area contributed by atoms with Gasteiger partial charge in [0.1, 0.15) is 0 Å². The zero-order valence-corrected chi connectivity index (χ0v) is 35.3. The normalized spacial score (nSPS) is 26.0. The van der Waals surface area contributed by atoms with Crippen LogP contribution in [0.2, 0.25) is 0 Å². The van der Waals surface area contributed by atoms with Gasteiger partial charge in [0.15, 0.2) is 0 Å². The first-order chi connectivity index (χ1) is 30.2. The fraction of sp³-hybridized carbons (Fsp3) is 0.207. The minimum absolute atomic E-state index is 0.361. The first-order valence-corrected chi connectivity index (χ1v) is 23.3. The van der Waals surface area contributed by atoms with E-state index in [9.17, 15) is 0 Å². The molecule has 5 aromatic rings. The van der Waals surface area contributed by atoms with E-state index in [4.69, 9.17) is 0 Å². The van der Waals surface area contributed by atoms with Crippen LogP contribution in [-0.2, 0) is 0 Å². The molecule has 0 bridgehead atoms. The maximum atomic E-state index is 2.66. The van der Waals surface area contributed by atoms with E-state index in [1.165, 1.54) is 70.9 Å². The van der Waals surface area contributed by atoms with Gasteiger partial charge in [0.25, 0.3) is 0 Å². The molecule has 0 fully saturated rings. The smallest absolute Gasteiger partial charge is 0.0517 e. The molecule has 61 heavy (non-hydrogen) atoms. The van der Waals surface area contributed by atoms with Crippen molar-refractivity contribution >= 4 is 48.5 Å². The van der Waals surface area contributed by atoms with Gasteiger partial charge in [-0.2, -0.15) is 0 Å². The average Bonchev–Trinajstić information content (AvgIpc) is 3.88. The van der Waals surface area contributed by atoms with Crippen LogP contribution in [0.3, 0.4) is 0 Å². The molecule has 0 radical (unpaired) electrons. The molecule has 1 aliphatic heterocycles. The van der Waals surface area contributed by atoms with Gasteiger partial charge in [-0.25, -0.2) is 0 Å². The molecular weight excluding hydrogens is 757 g/mol. The second kappa shape index (κ2) is 15.4. The molecule has 2 heterocycles. The fourth-order valence-corrected chi connectivity index (χ4v) is 12.4. The van der Waals surface area contributed by atoms with Crippen molar-refractivity contribution in [2.45, 2.75) is 56.4 Å². The second-order valence-electron chi connectivity index (χ2n) is 17.7. The average molecular weight is 807 g/mol. The summed E-state index contributed by atoms with van der Waals surface area (Å²) in [6.07, 6.45) is 47.2. The monoisotopic (exact) mass is 806 g/mol. The van der Waals surface area contributed by atoms with Crippen LogP contribution in [0.5, 0.6) is 0 Å². The lowest BCUT2D eigenvalue weighted by Crippen LogP contribution is -2.43. The molecule has 1 unspecified atom stereocenters. The van der Waals surface area contributed by atoms with Gasteiger partial charge in [0.05, 0.1) is 6.04 Å². The van der Waals surface area contributed by atoms with Gasteiger partial charge in [-0.1, -0.05) is 157 Å². The first-order valence-electron chi connectivity index (χ1n) is 22.5. The maximum absolute atomic E-state index is 2.66. The summed E-state index contributed by atoms with van der Waals surface area (Å²) >= 11 is 1.93. The van der Waals surface area contributed by atoms with E-state index in [-0.39, 0.29) is 0 Å². The topological polar surface area (TPSA) is 6.48 Å². The van der Waals surface area contributed by atoms with E-state index in [0.717, 1.165) is 38.5 Å². The van der Waals surface area contributed by atoms with E-state index < -0.39 is 0 Å². The second-order valence-corrected chi connectivity index (χ2v) is 18.8. The predicted octanol–water partition coefficient (Wildman–Crippen LogP) is 15.2. The van der Waals surface area contributed by atoms with Gasteiger partial charge in [0.2, 0.25) is 0 Å². The van der Waals surface area contributed by atoms with Crippen LogP contribution in [0, 0.1) is 17.8 Å². The first kappa shape index (κ1) is 36.7. The number of thiophene rings is 1. The van der Waals surface area contributed by atoms with Gasteiger partial charge in [-0.05, 0) is 103 Å². The molecule has 0 N–H and O–H groups in total. The van der Waals surface area contributed by atoms with E-state index in [0.29, 0.717) is 35.6 Å². The lowest BCUT2D eigenvalue weighted by Gasteiger charge is -2.41. The Morgan fingerprint density at radius 1 is 0.656 bits per heavy atom. The zero-order valence-electron chi connectivity index (χ0n) is 34.5. The van der Waals surface area contributed by atoms with Crippen molar-refractivity contribution in [1.29, 1.82) is 0 Å². The Bertz CT molecular complexity index is 2920. The van der Waals surface area contributed by atoms with Crippen molar-refractivity contribution in [2.24, 2.45) is 17.8 Å². The number of benzene rings is 4. The molecule has 4 aromatic carbocycles. The van der Waals surface area contributed by atoms with Crippen molar-refractivity contribution < 1.29 is 0 Å². The summed E-state index contributed by atoms with van der Waals surface area (Å²) in [7, 11) is 0. The maximum Gasteiger partial charge on any atom is 0.0517 e. The quantitative estimate of drug-likeness (QED) is 0.151. The van der Waals surface area contributed by atoms with Gasteiger partial charge < -0.3 is 9.80 Å². The predicted molar refractivity (Wildman–Crippen MR) is 260 cm³/mol. The highest BCUT2D eigenvalue weighted by Gasteiger charge is 2.46. The molecule has 298 valence electrons. The van der Waals surface area contributed by atoms with Crippen molar-refractivity contribution in [3.63, 3.8) is 0 Å². The van der Waals surface area contributed by atoms with Crippen molar-refractivity contribution in [3.8, 4) is 0 Å². The number of allylic oxidation sites excluding steroid dienone is 18. The molecule has 0 saturated heterocycles. The number of hydrogen-bond acceptors (Lipinski definition) is 3. The number of anilines is 2. The summed E-state index contributed by atoms with van der Waals surface area (Å²) in [5, 5.41) is 2.68. The van der Waals surface area contributed by atoms with Crippen molar-refractivity contribution in [3.05, 3.63) is 234 Å². The highest BCUT2D eigenvalue weighted by atomic mass is 32.1. The molecule has 0 amide bonds. The Hall–Kier alpha value is -6.16. The molecule has 0 saturated carbocycles. The number of rotatable bonds is 7. The highest BCUT2D eigenvalue weighted by Crippen LogP contribution is 2.53. The van der Waals surface area contributed by atoms with Crippen LogP contribution in [0.1, 0.15) is 67.1 Å². The summed E-state index contributed by atoms with van der Waals surface area (Å²) in [4.78, 5) is 5.20. The van der Waals surface area contributed by atoms with E-state index in [1.807, 2.05) is 11.3 Å². The summed E-state index contributed by atoms with van der Waals surface area (Å²) in [5.41, 5.74) is 13.6. The zero-order chi connectivity index (χ0) is 40.3. The van der Waals surface area contributed by atoms with Crippen LogP contribution in [-0.4, -0.2) is 6.04 Å². The minimum atomic E-state index is 0.361. The standard InChI is InChI=1S/C58H50N2S/c1-4-12-39(13-5-1)41-20-27-47(28-21-41)59(48-29-22-42(23-30-48)40-14-6-2-7-15-40)49-31-35-53-52-33-25-44(37-56(52)61-57(53)38-49)43-24-32-50-45(36-43)26-34-54-51-18-10-11-19-55(51)60(58(50)54)46-16-8-3-9-17-46/h1-2,4-8,10-14,16-20,22,24-29,31-38,40-41,45,50,54,58H,3,9,15,21,23,30H2/t40-,41+,45+,50-,54-,58?/m1/s1. The van der Waals surface area contributed by atoms with Crippen molar-refractivity contribution in [2.75, 3.05) is 9.80 Å². The van der Waals surface area contributed by atoms with Crippen LogP contribution in [0.4, 0.5) is 11.4 Å². The lowest BCUT2D eigenvalue weighted by atomic mass is 9.71. The number of nitrogens with zero attached hydrogens (tertiary/aromatic N) is 2. The third kappa shape index (κ3) is 6.53. The third-order valence-corrected chi connectivity index (χ3v) is 15.4. The molecule has 7 aliphatic rings. The van der Waals surface area contributed by atoms with Crippen LogP contribution < -0.4 is 9.80 Å². The summed E-state index contributed by atoms with van der Waals surface area (Å²) in [5.74, 6) is 2.10. The molecule has 0 spiro atoms. The summed E-state index contributed by atoms with van der Waals surface area (Å²) < 4.78 is 2.69. The van der Waals surface area contributed by atoms with E-state index in [2.05, 4.69) is 204 Å². The van der Waals surface area contributed by atoms with Crippen LogP contribution in [0.25, 0.3) is 25.7 Å². The molecule has 6 aliphatic carbocycles. The molecule has 1 aromatic heterocycles. The third-order valence-electron chi connectivity index (χ3n) is 14.2. The van der Waals surface area contributed by atoms with Gasteiger partial charge in [0, 0.05) is 78.2 Å². The Morgan fingerprint density at radius 3 is 2.36 bits per heavy atom. The molecule has 3 heteroatoms. The lowest BCUT2D eigenvalue weighted by molar-refractivity contribution is 0.400. The summed E-state index contributed by atoms with van der Waals surface area (Å²) in [6.45, 7) is 0. The van der Waals surface area contributed by atoms with Gasteiger partial charge in [-0.15, -0.1) is 11.3 Å². The molecular formula is C58H50N2S. The van der Waals surface area contributed by atoms with Gasteiger partial charge in [-0.3, -0.25) is 0 Å².